The molecule has 0 heterocycles. The molecule has 5 heteroatoms. The van der Waals surface area contributed by atoms with E-state index in [1.165, 1.54) is 0 Å². The standard InChI is InChI=1S/C24H23ClN2O2/c1-4-24(18-8-6-5-7-9-18,19-10-12-20(25)13-11-19)27(23(28)26-2)21-14-16-22(29-3)17-15-21/h4-17H,1H2,2-3H3,(H,26,28). The first-order valence-corrected chi connectivity index (χ1v) is 9.55. The molecule has 2 amide bonds. The van der Waals surface area contributed by atoms with Crippen LogP contribution in [0.4, 0.5) is 10.5 Å². The van der Waals surface area contributed by atoms with Gasteiger partial charge in [0, 0.05) is 17.8 Å². The topological polar surface area (TPSA) is 41.6 Å². The normalized spacial score (nSPS) is 12.5. The van der Waals surface area contributed by atoms with Gasteiger partial charge in [0.05, 0.1) is 7.11 Å². The molecule has 4 nitrogen and oxygen atoms in total. The van der Waals surface area contributed by atoms with Crippen molar-refractivity contribution in [3.05, 3.63) is 108 Å². The second-order valence-electron chi connectivity index (χ2n) is 6.43. The van der Waals surface area contributed by atoms with Crippen LogP contribution in [0, 0.1) is 0 Å². The minimum Gasteiger partial charge on any atom is -0.497 e. The number of hydrogen-bond acceptors (Lipinski definition) is 2. The zero-order valence-electron chi connectivity index (χ0n) is 16.4. The summed E-state index contributed by atoms with van der Waals surface area (Å²) in [5, 5.41) is 3.39. The Labute approximate surface area is 176 Å². The van der Waals surface area contributed by atoms with Crippen molar-refractivity contribution in [1.29, 1.82) is 0 Å². The van der Waals surface area contributed by atoms with Crippen LogP contribution in [0.3, 0.4) is 0 Å². The Morgan fingerprint density at radius 3 is 2.10 bits per heavy atom. The molecule has 3 rings (SSSR count). The van der Waals surface area contributed by atoms with Crippen LogP contribution >= 0.6 is 11.6 Å². The maximum atomic E-state index is 13.2. The van der Waals surface area contributed by atoms with E-state index in [9.17, 15) is 4.79 Å². The minimum atomic E-state index is -0.958. The molecule has 0 fully saturated rings. The fraction of sp³-hybridized carbons (Fsp3) is 0.125. The number of hydrogen-bond donors (Lipinski definition) is 1. The number of methoxy groups -OCH3 is 1. The van der Waals surface area contributed by atoms with Crippen LogP contribution in [0.15, 0.2) is 91.5 Å². The van der Waals surface area contributed by atoms with Crippen LogP contribution in [0.1, 0.15) is 11.1 Å². The van der Waals surface area contributed by atoms with Gasteiger partial charge in [-0.2, -0.15) is 0 Å². The molecule has 0 aliphatic carbocycles. The molecule has 0 aliphatic rings. The molecule has 0 saturated carbocycles. The van der Waals surface area contributed by atoms with E-state index in [1.807, 2.05) is 78.9 Å². The molecule has 1 atom stereocenters. The van der Waals surface area contributed by atoms with Crippen LogP contribution in [-0.2, 0) is 5.54 Å². The molecule has 1 unspecified atom stereocenters. The van der Waals surface area contributed by atoms with Gasteiger partial charge in [-0.15, -0.1) is 6.58 Å². The third kappa shape index (κ3) is 3.84. The van der Waals surface area contributed by atoms with E-state index in [2.05, 4.69) is 11.9 Å². The quantitative estimate of drug-likeness (QED) is 0.539. The lowest BCUT2D eigenvalue weighted by Crippen LogP contribution is -2.52. The number of nitrogens with one attached hydrogen (secondary N) is 1. The van der Waals surface area contributed by atoms with E-state index in [0.717, 1.165) is 11.1 Å². The molecule has 0 radical (unpaired) electrons. The Bertz CT molecular complexity index is 972. The summed E-state index contributed by atoms with van der Waals surface area (Å²) >= 11 is 6.14. The first kappa shape index (κ1) is 20.5. The van der Waals surface area contributed by atoms with E-state index in [4.69, 9.17) is 16.3 Å². The highest BCUT2D eigenvalue weighted by atomic mass is 35.5. The van der Waals surface area contributed by atoms with Crippen molar-refractivity contribution in [2.24, 2.45) is 0 Å². The van der Waals surface area contributed by atoms with Gasteiger partial charge in [0.1, 0.15) is 11.3 Å². The Balaban J connectivity index is 2.32. The van der Waals surface area contributed by atoms with Gasteiger partial charge in [-0.05, 0) is 47.5 Å². The molecule has 1 N–H and O–H groups in total. The number of nitrogens with zero attached hydrogens (tertiary/aromatic N) is 1. The van der Waals surface area contributed by atoms with E-state index < -0.39 is 5.54 Å². The van der Waals surface area contributed by atoms with Crippen molar-refractivity contribution in [1.82, 2.24) is 5.32 Å². The summed E-state index contributed by atoms with van der Waals surface area (Å²) in [7, 11) is 3.22. The second kappa shape index (κ2) is 8.84. The number of amides is 2. The van der Waals surface area contributed by atoms with Crippen LogP contribution < -0.4 is 15.0 Å². The van der Waals surface area contributed by atoms with Gasteiger partial charge < -0.3 is 10.1 Å². The van der Waals surface area contributed by atoms with Gasteiger partial charge >= 0.3 is 6.03 Å². The molecular formula is C24H23ClN2O2. The summed E-state index contributed by atoms with van der Waals surface area (Å²) in [5.41, 5.74) is 1.50. The molecule has 0 saturated heterocycles. The largest absolute Gasteiger partial charge is 0.497 e. The number of anilines is 1. The van der Waals surface area contributed by atoms with Crippen molar-refractivity contribution in [2.45, 2.75) is 5.54 Å². The first-order chi connectivity index (χ1) is 14.1. The predicted octanol–water partition coefficient (Wildman–Crippen LogP) is 5.62. The number of carbonyl (C=O) groups is 1. The van der Waals surface area contributed by atoms with Gasteiger partial charge in [0.15, 0.2) is 0 Å². The lowest BCUT2D eigenvalue weighted by Gasteiger charge is -2.42. The van der Waals surface area contributed by atoms with E-state index in [0.29, 0.717) is 16.5 Å². The second-order valence-corrected chi connectivity index (χ2v) is 6.87. The van der Waals surface area contributed by atoms with E-state index in [-0.39, 0.29) is 6.03 Å². The number of rotatable bonds is 6. The SMILES string of the molecule is C=CC(c1ccccc1)(c1ccc(Cl)cc1)N(C(=O)NC)c1ccc(OC)cc1. The molecular weight excluding hydrogens is 384 g/mol. The van der Waals surface area contributed by atoms with Crippen molar-refractivity contribution in [2.75, 3.05) is 19.1 Å². The number of halogens is 1. The molecule has 0 aliphatic heterocycles. The van der Waals surface area contributed by atoms with Gasteiger partial charge in [0.25, 0.3) is 0 Å². The maximum absolute atomic E-state index is 13.2. The third-order valence-corrected chi connectivity index (χ3v) is 5.15. The fourth-order valence-electron chi connectivity index (χ4n) is 3.47. The van der Waals surface area contributed by atoms with Crippen molar-refractivity contribution in [3.63, 3.8) is 0 Å². The Morgan fingerprint density at radius 1 is 1.00 bits per heavy atom. The van der Waals surface area contributed by atoms with Gasteiger partial charge in [-0.25, -0.2) is 4.79 Å². The van der Waals surface area contributed by atoms with E-state index >= 15 is 0 Å². The summed E-state index contributed by atoms with van der Waals surface area (Å²) in [6.45, 7) is 4.13. The van der Waals surface area contributed by atoms with Gasteiger partial charge in [0.2, 0.25) is 0 Å². The zero-order chi connectivity index (χ0) is 20.9. The molecule has 3 aromatic carbocycles. The lowest BCUT2D eigenvalue weighted by atomic mass is 9.80. The minimum absolute atomic E-state index is 0.270. The van der Waals surface area contributed by atoms with E-state index in [1.54, 1.807) is 25.1 Å². The number of urea groups is 1. The van der Waals surface area contributed by atoms with Gasteiger partial charge in [-0.1, -0.05) is 60.1 Å². The smallest absolute Gasteiger partial charge is 0.322 e. The fourth-order valence-corrected chi connectivity index (χ4v) is 3.60. The molecule has 29 heavy (non-hydrogen) atoms. The monoisotopic (exact) mass is 406 g/mol. The summed E-state index contributed by atoms with van der Waals surface area (Å²) in [6.07, 6.45) is 1.78. The highest BCUT2D eigenvalue weighted by Gasteiger charge is 2.41. The number of ether oxygens (including phenoxy) is 1. The lowest BCUT2D eigenvalue weighted by molar-refractivity contribution is 0.244. The predicted molar refractivity (Wildman–Crippen MR) is 119 cm³/mol. The van der Waals surface area contributed by atoms with Crippen LogP contribution in [0.25, 0.3) is 0 Å². The van der Waals surface area contributed by atoms with Crippen molar-refractivity contribution in [3.8, 4) is 5.75 Å². The van der Waals surface area contributed by atoms with Crippen molar-refractivity contribution >= 4 is 23.3 Å². The first-order valence-electron chi connectivity index (χ1n) is 9.18. The summed E-state index contributed by atoms with van der Waals surface area (Å²) < 4.78 is 5.28. The molecule has 0 bridgehead atoms. The highest BCUT2D eigenvalue weighted by Crippen LogP contribution is 2.41. The van der Waals surface area contributed by atoms with Crippen LogP contribution in [0.2, 0.25) is 5.02 Å². The third-order valence-electron chi connectivity index (χ3n) is 4.89. The highest BCUT2D eigenvalue weighted by molar-refractivity contribution is 6.30. The Hall–Kier alpha value is -3.24. The van der Waals surface area contributed by atoms with Crippen LogP contribution in [-0.4, -0.2) is 20.2 Å². The summed E-state index contributed by atoms with van der Waals surface area (Å²) in [5.74, 6) is 0.709. The van der Waals surface area contributed by atoms with Crippen molar-refractivity contribution < 1.29 is 9.53 Å². The maximum Gasteiger partial charge on any atom is 0.322 e. The average Bonchev–Trinajstić information content (AvgIpc) is 2.78. The summed E-state index contributed by atoms with van der Waals surface area (Å²) in [6, 6.07) is 24.3. The molecule has 3 aromatic rings. The Kier molecular flexibility index (Phi) is 6.25. The molecule has 0 aromatic heterocycles. The van der Waals surface area contributed by atoms with Gasteiger partial charge in [-0.3, -0.25) is 4.90 Å². The average molecular weight is 407 g/mol. The molecule has 0 spiro atoms. The van der Waals surface area contributed by atoms with Crippen LogP contribution in [0.5, 0.6) is 5.75 Å². The number of carbonyl (C=O) groups excluding carboxylic acids is 1. The number of benzene rings is 3. The molecule has 148 valence electrons. The zero-order valence-corrected chi connectivity index (χ0v) is 17.2. The Morgan fingerprint density at radius 2 is 1.59 bits per heavy atom. The summed E-state index contributed by atoms with van der Waals surface area (Å²) in [4.78, 5) is 14.9.